The van der Waals surface area contributed by atoms with Crippen LogP contribution in [0.3, 0.4) is 0 Å². The van der Waals surface area contributed by atoms with Crippen molar-refractivity contribution in [2.75, 3.05) is 13.6 Å². The lowest BCUT2D eigenvalue weighted by molar-refractivity contribution is 0.146. The van der Waals surface area contributed by atoms with E-state index in [0.717, 1.165) is 17.8 Å². The van der Waals surface area contributed by atoms with Crippen LogP contribution in [0.5, 0.6) is 0 Å². The van der Waals surface area contributed by atoms with Gasteiger partial charge in [-0.2, -0.15) is 0 Å². The minimum Gasteiger partial charge on any atom is -0.319 e. The quantitative estimate of drug-likeness (QED) is 0.656. The van der Waals surface area contributed by atoms with Crippen LogP contribution in [0.25, 0.3) is 0 Å². The maximum atomic E-state index is 3.27. The third-order valence-electron chi connectivity index (χ3n) is 2.82. The van der Waals surface area contributed by atoms with Crippen LogP contribution < -0.4 is 5.32 Å². The Bertz CT molecular complexity index is 109. The Kier molecular flexibility index (Phi) is 3.38. The van der Waals surface area contributed by atoms with Gasteiger partial charge >= 0.3 is 0 Å². The largest absolute Gasteiger partial charge is 0.319 e. The van der Waals surface area contributed by atoms with E-state index < -0.39 is 0 Å². The second-order valence-electron chi connectivity index (χ2n) is 4.28. The van der Waals surface area contributed by atoms with Gasteiger partial charge in [0.15, 0.2) is 0 Å². The van der Waals surface area contributed by atoms with Crippen molar-refractivity contribution >= 4 is 0 Å². The molecule has 1 rings (SSSR count). The molecule has 11 heavy (non-hydrogen) atoms. The smallest absolute Gasteiger partial charge is 0.00209 e. The van der Waals surface area contributed by atoms with Crippen molar-refractivity contribution in [2.24, 2.45) is 17.8 Å². The molecule has 1 fully saturated rings. The van der Waals surface area contributed by atoms with Gasteiger partial charge in [0.2, 0.25) is 0 Å². The molecule has 0 amide bonds. The van der Waals surface area contributed by atoms with Crippen molar-refractivity contribution in [3.63, 3.8) is 0 Å². The van der Waals surface area contributed by atoms with E-state index in [2.05, 4.69) is 26.2 Å². The van der Waals surface area contributed by atoms with Gasteiger partial charge in [0.05, 0.1) is 0 Å². The summed E-state index contributed by atoms with van der Waals surface area (Å²) in [5.41, 5.74) is 0. The predicted octanol–water partition coefficient (Wildman–Crippen LogP) is 2.28. The molecule has 0 heterocycles. The fourth-order valence-corrected chi connectivity index (χ4v) is 2.08. The first kappa shape index (κ1) is 9.05. The Morgan fingerprint density at radius 3 is 2.27 bits per heavy atom. The summed E-state index contributed by atoms with van der Waals surface area (Å²) in [6.45, 7) is 5.89. The zero-order valence-corrected chi connectivity index (χ0v) is 8.06. The van der Waals surface area contributed by atoms with Gasteiger partial charge in [-0.05, 0) is 50.6 Å². The van der Waals surface area contributed by atoms with Crippen LogP contribution in [0.4, 0.5) is 0 Å². The molecule has 2 atom stereocenters. The minimum absolute atomic E-state index is 0.889. The summed E-state index contributed by atoms with van der Waals surface area (Å²) in [6.07, 6.45) is 4.37. The first-order chi connectivity index (χ1) is 5.24. The Labute approximate surface area is 70.6 Å². The zero-order valence-electron chi connectivity index (χ0n) is 8.06. The van der Waals surface area contributed by atoms with E-state index in [1.54, 1.807) is 0 Å². The molecule has 1 saturated carbocycles. The van der Waals surface area contributed by atoms with Crippen molar-refractivity contribution in [3.8, 4) is 0 Å². The lowest BCUT2D eigenvalue weighted by atomic mass is 9.70. The van der Waals surface area contributed by atoms with Crippen LogP contribution in [0.15, 0.2) is 0 Å². The summed E-state index contributed by atoms with van der Waals surface area (Å²) in [6, 6.07) is 0. The molecule has 1 heteroatoms. The van der Waals surface area contributed by atoms with Crippen LogP contribution in [-0.2, 0) is 0 Å². The second kappa shape index (κ2) is 4.10. The molecule has 0 aromatic carbocycles. The van der Waals surface area contributed by atoms with Crippen LogP contribution in [0.2, 0.25) is 0 Å². The standard InChI is InChI=1S/C10H21N/c1-8(2)6-9-4-5-10(9)7-11-3/h8-11H,4-7H2,1-3H3. The van der Waals surface area contributed by atoms with E-state index in [9.17, 15) is 0 Å². The molecule has 0 aromatic heterocycles. The average molecular weight is 155 g/mol. The fourth-order valence-electron chi connectivity index (χ4n) is 2.08. The fraction of sp³-hybridized carbons (Fsp3) is 1.00. The molecule has 0 aromatic rings. The van der Waals surface area contributed by atoms with Gasteiger partial charge in [-0.15, -0.1) is 0 Å². The Hall–Kier alpha value is -0.0400. The Balaban J connectivity index is 2.15. The van der Waals surface area contributed by atoms with E-state index in [0.29, 0.717) is 0 Å². The highest BCUT2D eigenvalue weighted by molar-refractivity contribution is 4.82. The minimum atomic E-state index is 0.889. The van der Waals surface area contributed by atoms with Gasteiger partial charge in [0.1, 0.15) is 0 Å². The van der Waals surface area contributed by atoms with Gasteiger partial charge in [-0.25, -0.2) is 0 Å². The van der Waals surface area contributed by atoms with Crippen molar-refractivity contribution in [1.29, 1.82) is 0 Å². The van der Waals surface area contributed by atoms with E-state index in [1.165, 1.54) is 25.8 Å². The van der Waals surface area contributed by atoms with Crippen LogP contribution >= 0.6 is 0 Å². The molecule has 0 spiro atoms. The Morgan fingerprint density at radius 2 is 1.91 bits per heavy atom. The molecule has 1 aliphatic carbocycles. The first-order valence-corrected chi connectivity index (χ1v) is 4.88. The third-order valence-corrected chi connectivity index (χ3v) is 2.82. The number of rotatable bonds is 4. The third kappa shape index (κ3) is 2.48. The average Bonchev–Trinajstić information content (AvgIpc) is 1.93. The first-order valence-electron chi connectivity index (χ1n) is 4.88. The lowest BCUT2D eigenvalue weighted by Gasteiger charge is -2.37. The predicted molar refractivity (Wildman–Crippen MR) is 49.6 cm³/mol. The van der Waals surface area contributed by atoms with E-state index in [4.69, 9.17) is 0 Å². The van der Waals surface area contributed by atoms with Gasteiger partial charge in [0.25, 0.3) is 0 Å². The van der Waals surface area contributed by atoms with Gasteiger partial charge in [0, 0.05) is 0 Å². The lowest BCUT2D eigenvalue weighted by Crippen LogP contribution is -2.34. The number of nitrogens with one attached hydrogen (secondary N) is 1. The molecule has 1 aliphatic rings. The molecular formula is C10H21N. The van der Waals surface area contributed by atoms with Crippen molar-refractivity contribution in [3.05, 3.63) is 0 Å². The van der Waals surface area contributed by atoms with Crippen molar-refractivity contribution in [1.82, 2.24) is 5.32 Å². The van der Waals surface area contributed by atoms with E-state index >= 15 is 0 Å². The number of hydrogen-bond donors (Lipinski definition) is 1. The van der Waals surface area contributed by atoms with Crippen LogP contribution in [0.1, 0.15) is 33.1 Å². The van der Waals surface area contributed by atoms with Crippen LogP contribution in [-0.4, -0.2) is 13.6 Å². The maximum Gasteiger partial charge on any atom is -0.00209 e. The summed E-state index contributed by atoms with van der Waals surface area (Å²) in [4.78, 5) is 0. The van der Waals surface area contributed by atoms with Crippen molar-refractivity contribution in [2.45, 2.75) is 33.1 Å². The zero-order chi connectivity index (χ0) is 8.27. The molecule has 0 saturated heterocycles. The van der Waals surface area contributed by atoms with Gasteiger partial charge in [-0.1, -0.05) is 13.8 Å². The molecular weight excluding hydrogens is 134 g/mol. The summed E-state index contributed by atoms with van der Waals surface area (Å²) >= 11 is 0. The summed E-state index contributed by atoms with van der Waals surface area (Å²) in [5.74, 6) is 2.91. The highest BCUT2D eigenvalue weighted by Crippen LogP contribution is 2.37. The molecule has 0 radical (unpaired) electrons. The number of hydrogen-bond acceptors (Lipinski definition) is 1. The van der Waals surface area contributed by atoms with Crippen molar-refractivity contribution < 1.29 is 0 Å². The molecule has 66 valence electrons. The van der Waals surface area contributed by atoms with E-state index in [1.807, 2.05) is 0 Å². The van der Waals surface area contributed by atoms with Gasteiger partial charge in [-0.3, -0.25) is 0 Å². The molecule has 0 aliphatic heterocycles. The highest BCUT2D eigenvalue weighted by Gasteiger charge is 2.29. The summed E-state index contributed by atoms with van der Waals surface area (Å²) in [5, 5.41) is 3.27. The van der Waals surface area contributed by atoms with Crippen LogP contribution in [0, 0.1) is 17.8 Å². The Morgan fingerprint density at radius 1 is 1.27 bits per heavy atom. The molecule has 1 N–H and O–H groups in total. The normalized spacial score (nSPS) is 30.5. The molecule has 1 nitrogen and oxygen atoms in total. The molecule has 0 bridgehead atoms. The topological polar surface area (TPSA) is 12.0 Å². The molecule has 2 unspecified atom stereocenters. The SMILES string of the molecule is CNCC1CCC1CC(C)C. The summed E-state index contributed by atoms with van der Waals surface area (Å²) in [7, 11) is 2.06. The highest BCUT2D eigenvalue weighted by atomic mass is 14.8. The van der Waals surface area contributed by atoms with Gasteiger partial charge < -0.3 is 5.32 Å². The second-order valence-corrected chi connectivity index (χ2v) is 4.28. The monoisotopic (exact) mass is 155 g/mol. The summed E-state index contributed by atoms with van der Waals surface area (Å²) < 4.78 is 0. The van der Waals surface area contributed by atoms with E-state index in [-0.39, 0.29) is 0 Å². The maximum absolute atomic E-state index is 3.27.